The van der Waals surface area contributed by atoms with Gasteiger partial charge in [0.15, 0.2) is 0 Å². The second-order valence-corrected chi connectivity index (χ2v) is 9.47. The van der Waals surface area contributed by atoms with Gasteiger partial charge in [0.2, 0.25) is 0 Å². The summed E-state index contributed by atoms with van der Waals surface area (Å²) in [5.74, 6) is -0.372. The molecule has 0 unspecified atom stereocenters. The van der Waals surface area contributed by atoms with Gasteiger partial charge in [-0.05, 0) is 38.0 Å². The molecule has 4 heteroatoms. The van der Waals surface area contributed by atoms with Gasteiger partial charge in [-0.25, -0.2) is 9.59 Å². The number of ether oxygens (including phenoxy) is 2. The fourth-order valence-electron chi connectivity index (χ4n) is 3.74. The number of carbonyl (C=O) groups is 2. The lowest BCUT2D eigenvalue weighted by Gasteiger charge is -2.16. The van der Waals surface area contributed by atoms with Crippen LogP contribution in [0.15, 0.2) is 11.1 Å². The molecule has 0 aliphatic rings. The van der Waals surface area contributed by atoms with Gasteiger partial charge < -0.3 is 9.47 Å². The van der Waals surface area contributed by atoms with Crippen LogP contribution in [0.25, 0.3) is 0 Å². The zero-order chi connectivity index (χ0) is 24.0. The van der Waals surface area contributed by atoms with Gasteiger partial charge in [-0.3, -0.25) is 0 Å². The highest BCUT2D eigenvalue weighted by Gasteiger charge is 2.24. The topological polar surface area (TPSA) is 52.6 Å². The molecule has 32 heavy (non-hydrogen) atoms. The van der Waals surface area contributed by atoms with Crippen molar-refractivity contribution in [1.29, 1.82) is 0 Å². The SMILES string of the molecule is CCCCCCCCOC(=O)/C(CCCC)=C(/CC(C)C)C(=O)OCCCCCCCC. The molecule has 0 rings (SSSR count). The Hall–Kier alpha value is -1.32. The molecule has 0 aliphatic heterocycles. The molecule has 0 amide bonds. The van der Waals surface area contributed by atoms with Crippen molar-refractivity contribution in [3.63, 3.8) is 0 Å². The van der Waals surface area contributed by atoms with Gasteiger partial charge in [-0.1, -0.05) is 105 Å². The highest BCUT2D eigenvalue weighted by Crippen LogP contribution is 2.23. The van der Waals surface area contributed by atoms with Crippen LogP contribution in [0.1, 0.15) is 137 Å². The van der Waals surface area contributed by atoms with Crippen LogP contribution in [0, 0.1) is 5.92 Å². The van der Waals surface area contributed by atoms with Crippen LogP contribution in [0.2, 0.25) is 0 Å². The van der Waals surface area contributed by atoms with Crippen LogP contribution < -0.4 is 0 Å². The van der Waals surface area contributed by atoms with E-state index >= 15 is 0 Å². The molecule has 0 aliphatic carbocycles. The Morgan fingerprint density at radius 2 is 0.969 bits per heavy atom. The molecular weight excluding hydrogens is 400 g/mol. The van der Waals surface area contributed by atoms with Crippen molar-refractivity contribution in [3.8, 4) is 0 Å². The highest BCUT2D eigenvalue weighted by atomic mass is 16.5. The van der Waals surface area contributed by atoms with E-state index < -0.39 is 0 Å². The molecule has 0 bridgehead atoms. The summed E-state index contributed by atoms with van der Waals surface area (Å²) in [6.45, 7) is 11.5. The molecule has 0 radical (unpaired) electrons. The lowest BCUT2D eigenvalue weighted by molar-refractivity contribution is -0.142. The molecular formula is C28H52O4. The normalized spacial score (nSPS) is 12.1. The van der Waals surface area contributed by atoms with Crippen LogP contribution in [0.4, 0.5) is 0 Å². The lowest BCUT2D eigenvalue weighted by Crippen LogP contribution is -2.19. The zero-order valence-electron chi connectivity index (χ0n) is 21.9. The first-order chi connectivity index (χ1) is 15.5. The third-order valence-corrected chi connectivity index (χ3v) is 5.71. The van der Waals surface area contributed by atoms with E-state index in [1.165, 1.54) is 51.4 Å². The summed E-state index contributed by atoms with van der Waals surface area (Å²) in [6, 6.07) is 0. The van der Waals surface area contributed by atoms with Crippen LogP contribution in [-0.4, -0.2) is 25.2 Å². The minimum atomic E-state index is -0.324. The summed E-state index contributed by atoms with van der Waals surface area (Å²) in [5, 5.41) is 0. The van der Waals surface area contributed by atoms with E-state index in [2.05, 4.69) is 34.6 Å². The van der Waals surface area contributed by atoms with E-state index in [0.29, 0.717) is 37.2 Å². The second kappa shape index (κ2) is 21.5. The van der Waals surface area contributed by atoms with E-state index in [0.717, 1.165) is 38.5 Å². The van der Waals surface area contributed by atoms with Gasteiger partial charge >= 0.3 is 11.9 Å². The summed E-state index contributed by atoms with van der Waals surface area (Å²) >= 11 is 0. The minimum Gasteiger partial charge on any atom is -0.462 e. The van der Waals surface area contributed by atoms with Crippen molar-refractivity contribution < 1.29 is 19.1 Å². The van der Waals surface area contributed by atoms with Gasteiger partial charge in [-0.15, -0.1) is 0 Å². The molecule has 0 aromatic rings. The quantitative estimate of drug-likeness (QED) is 0.0997. The van der Waals surface area contributed by atoms with Crippen molar-refractivity contribution in [3.05, 3.63) is 11.1 Å². The maximum absolute atomic E-state index is 12.9. The molecule has 0 saturated heterocycles. The molecule has 0 aromatic heterocycles. The minimum absolute atomic E-state index is 0.273. The van der Waals surface area contributed by atoms with Crippen LogP contribution in [0.3, 0.4) is 0 Å². The smallest absolute Gasteiger partial charge is 0.334 e. The summed E-state index contributed by atoms with van der Waals surface area (Å²) in [5.41, 5.74) is 1.08. The average Bonchev–Trinajstić information content (AvgIpc) is 2.76. The molecule has 4 nitrogen and oxygen atoms in total. The molecule has 0 aromatic carbocycles. The summed E-state index contributed by atoms with van der Waals surface area (Å²) in [7, 11) is 0. The van der Waals surface area contributed by atoms with Gasteiger partial charge in [0.05, 0.1) is 13.2 Å². The summed E-state index contributed by atoms with van der Waals surface area (Å²) < 4.78 is 11.2. The maximum Gasteiger partial charge on any atom is 0.334 e. The van der Waals surface area contributed by atoms with Crippen LogP contribution in [-0.2, 0) is 19.1 Å². The Bertz CT molecular complexity index is 508. The lowest BCUT2D eigenvalue weighted by atomic mass is 9.95. The van der Waals surface area contributed by atoms with Crippen molar-refractivity contribution in [2.75, 3.05) is 13.2 Å². The fraction of sp³-hybridized carbons (Fsp3) is 0.857. The Morgan fingerprint density at radius 1 is 0.562 bits per heavy atom. The fourth-order valence-corrected chi connectivity index (χ4v) is 3.74. The first-order valence-corrected chi connectivity index (χ1v) is 13.5. The number of rotatable bonds is 21. The Morgan fingerprint density at radius 3 is 1.41 bits per heavy atom. The molecule has 0 fully saturated rings. The third kappa shape index (κ3) is 16.3. The molecule has 0 N–H and O–H groups in total. The van der Waals surface area contributed by atoms with E-state index in [9.17, 15) is 9.59 Å². The van der Waals surface area contributed by atoms with Crippen molar-refractivity contribution in [2.45, 2.75) is 137 Å². The van der Waals surface area contributed by atoms with Gasteiger partial charge in [0.1, 0.15) is 0 Å². The van der Waals surface area contributed by atoms with Crippen molar-refractivity contribution in [2.24, 2.45) is 5.92 Å². The van der Waals surface area contributed by atoms with Crippen LogP contribution >= 0.6 is 0 Å². The monoisotopic (exact) mass is 452 g/mol. The predicted molar refractivity (Wildman–Crippen MR) is 135 cm³/mol. The first-order valence-electron chi connectivity index (χ1n) is 13.5. The first kappa shape index (κ1) is 30.7. The number of carbonyl (C=O) groups excluding carboxylic acids is 2. The van der Waals surface area contributed by atoms with Crippen LogP contribution in [0.5, 0.6) is 0 Å². The standard InChI is InChI=1S/C28H52O4/c1-6-9-12-14-16-18-21-31-27(29)25(20-11-8-3)26(23-24(4)5)28(30)32-22-19-17-15-13-10-7-2/h24H,6-23H2,1-5H3/b26-25-. The number of esters is 2. The maximum atomic E-state index is 12.9. The molecule has 188 valence electrons. The Labute approximate surface area is 198 Å². The molecule has 0 saturated carbocycles. The summed E-state index contributed by atoms with van der Waals surface area (Å²) in [6.07, 6.45) is 16.8. The second-order valence-electron chi connectivity index (χ2n) is 9.47. The largest absolute Gasteiger partial charge is 0.462 e. The van der Waals surface area contributed by atoms with Gasteiger partial charge in [0, 0.05) is 11.1 Å². The number of hydrogen-bond donors (Lipinski definition) is 0. The van der Waals surface area contributed by atoms with Gasteiger partial charge in [-0.2, -0.15) is 0 Å². The van der Waals surface area contributed by atoms with Crippen molar-refractivity contribution >= 4 is 11.9 Å². The number of unbranched alkanes of at least 4 members (excludes halogenated alkanes) is 11. The third-order valence-electron chi connectivity index (χ3n) is 5.71. The van der Waals surface area contributed by atoms with E-state index in [4.69, 9.17) is 9.47 Å². The Kier molecular flexibility index (Phi) is 20.6. The average molecular weight is 453 g/mol. The summed E-state index contributed by atoms with van der Waals surface area (Å²) in [4.78, 5) is 25.8. The van der Waals surface area contributed by atoms with Gasteiger partial charge in [0.25, 0.3) is 0 Å². The van der Waals surface area contributed by atoms with Crippen molar-refractivity contribution in [1.82, 2.24) is 0 Å². The Balaban J connectivity index is 4.91. The number of hydrogen-bond acceptors (Lipinski definition) is 4. The highest BCUT2D eigenvalue weighted by molar-refractivity contribution is 6.00. The van der Waals surface area contributed by atoms with E-state index in [1.807, 2.05) is 0 Å². The molecule has 0 atom stereocenters. The molecule has 0 heterocycles. The van der Waals surface area contributed by atoms with E-state index in [1.54, 1.807) is 0 Å². The van der Waals surface area contributed by atoms with E-state index in [-0.39, 0.29) is 17.9 Å². The molecule has 0 spiro atoms. The predicted octanol–water partition coefficient (Wildman–Crippen LogP) is 8.33. The zero-order valence-corrected chi connectivity index (χ0v) is 21.9.